The molecule has 21 heavy (non-hydrogen) atoms. The maximum Gasteiger partial charge on any atom is 2.00 e. The van der Waals surface area contributed by atoms with E-state index < -0.39 is 22.8 Å². The maximum atomic E-state index is 11.9. The second kappa shape index (κ2) is 9.71. The Balaban J connectivity index is 0. The van der Waals surface area contributed by atoms with E-state index in [1.54, 1.807) is 52.0 Å². The van der Waals surface area contributed by atoms with E-state index in [0.29, 0.717) is 0 Å². The summed E-state index contributed by atoms with van der Waals surface area (Å²) in [5, 5.41) is 19.4. The summed E-state index contributed by atoms with van der Waals surface area (Å²) in [6.45, 7) is 6.66. The first-order valence-electron chi connectivity index (χ1n) is 6.40. The normalized spacial score (nSPS) is 13.3. The van der Waals surface area contributed by atoms with Crippen LogP contribution in [0.15, 0.2) is 48.6 Å². The number of aliphatic carboxylic acids is 2. The van der Waals surface area contributed by atoms with Crippen molar-refractivity contribution < 1.29 is 47.5 Å². The van der Waals surface area contributed by atoms with Gasteiger partial charge in [0.1, 0.15) is 10.8 Å². The minimum absolute atomic E-state index is 0. The minimum atomic E-state index is -1.68. The van der Waals surface area contributed by atoms with Crippen LogP contribution in [0.1, 0.15) is 27.7 Å². The molecule has 0 amide bonds. The van der Waals surface area contributed by atoms with Gasteiger partial charge in [-0.3, -0.25) is 9.59 Å². The molecule has 4 nitrogen and oxygen atoms in total. The molecule has 0 unspecified atom stereocenters. The summed E-state index contributed by atoms with van der Waals surface area (Å²) in [5.41, 5.74) is -3.36. The van der Waals surface area contributed by atoms with Crippen molar-refractivity contribution in [1.82, 2.24) is 0 Å². The number of hydrogen-bond acceptors (Lipinski definition) is 2. The molecule has 0 aromatic carbocycles. The predicted molar refractivity (Wildman–Crippen MR) is 79.4 cm³/mol. The van der Waals surface area contributed by atoms with Gasteiger partial charge in [-0.1, -0.05) is 48.6 Å². The van der Waals surface area contributed by atoms with E-state index in [0.717, 1.165) is 0 Å². The van der Waals surface area contributed by atoms with Crippen LogP contribution < -0.4 is 0 Å². The van der Waals surface area contributed by atoms with Gasteiger partial charge in [0, 0.05) is 0 Å². The zero-order valence-electron chi connectivity index (χ0n) is 13.0. The van der Waals surface area contributed by atoms with Gasteiger partial charge in [0.15, 0.2) is 0 Å². The summed E-state index contributed by atoms with van der Waals surface area (Å²) in [6.07, 6.45) is 11.8. The number of hydrogen-bond donors (Lipinski definition) is 2. The van der Waals surface area contributed by atoms with Crippen molar-refractivity contribution in [3.63, 3.8) is 0 Å². The molecule has 0 rings (SSSR count). The Bertz CT molecular complexity index is 405. The molecule has 110 valence electrons. The predicted octanol–water partition coefficient (Wildman–Crippen LogP) is 3.43. The fourth-order valence-corrected chi connectivity index (χ4v) is 2.35. The van der Waals surface area contributed by atoms with E-state index in [-0.39, 0.29) is 27.7 Å². The van der Waals surface area contributed by atoms with Crippen molar-refractivity contribution in [3.8, 4) is 0 Å². The van der Waals surface area contributed by atoms with Gasteiger partial charge in [0.25, 0.3) is 0 Å². The van der Waals surface area contributed by atoms with Crippen molar-refractivity contribution >= 4 is 11.9 Å². The molecule has 5 heteroatoms. The van der Waals surface area contributed by atoms with Gasteiger partial charge in [-0.25, -0.2) is 0 Å². The number of carboxylic acid groups (broad SMARTS) is 2. The fourth-order valence-electron chi connectivity index (χ4n) is 2.35. The van der Waals surface area contributed by atoms with Gasteiger partial charge >= 0.3 is 39.6 Å². The third-order valence-electron chi connectivity index (χ3n) is 3.11. The van der Waals surface area contributed by atoms with Crippen LogP contribution in [0.2, 0.25) is 0 Å². The quantitative estimate of drug-likeness (QED) is 0.434. The zero-order valence-corrected chi connectivity index (χ0v) is 18.5. The molecule has 0 saturated heterocycles. The third kappa shape index (κ3) is 4.16. The molecular weight excluding hydrogens is 457 g/mol. The van der Waals surface area contributed by atoms with Gasteiger partial charge < -0.3 is 10.2 Å². The van der Waals surface area contributed by atoms with Crippen LogP contribution in [-0.4, -0.2) is 22.2 Å². The van der Waals surface area contributed by atoms with Crippen LogP contribution in [0.4, 0.5) is 0 Å². The van der Waals surface area contributed by atoms with E-state index in [2.05, 4.69) is 0 Å². The van der Waals surface area contributed by atoms with Crippen molar-refractivity contribution in [1.29, 1.82) is 0 Å². The van der Waals surface area contributed by atoms with Crippen LogP contribution in [0, 0.1) is 10.8 Å². The van der Waals surface area contributed by atoms with E-state index in [9.17, 15) is 19.8 Å². The SMILES string of the molecule is C/C=C\C(/C=C\C)(C(=O)O)C(/C=C\C)(/C=C\C)C(=O)O.[Hg+2]. The fraction of sp³-hybridized carbons (Fsp3) is 0.375. The smallest absolute Gasteiger partial charge is 0.480 e. The molecule has 0 aliphatic rings. The van der Waals surface area contributed by atoms with Crippen molar-refractivity contribution in [2.24, 2.45) is 10.8 Å². The van der Waals surface area contributed by atoms with E-state index in [4.69, 9.17) is 0 Å². The Morgan fingerprint density at radius 1 is 0.667 bits per heavy atom. The minimum Gasteiger partial charge on any atom is -0.480 e. The number of rotatable bonds is 7. The van der Waals surface area contributed by atoms with Crippen LogP contribution >= 0.6 is 0 Å². The topological polar surface area (TPSA) is 74.6 Å². The van der Waals surface area contributed by atoms with Gasteiger partial charge in [-0.05, 0) is 27.7 Å². The standard InChI is InChI=1S/C16H22O4.Hg/c1-5-9-15(10-6-2,13(17)18)16(11-7-3,12-8-4)14(19)20;/h5-12H,1-4H3,(H,17,18)(H,19,20);/q;+2/b9-5-,10-6-,11-7-,12-8-;. The Hall–Kier alpha value is -1.16. The summed E-state index contributed by atoms with van der Waals surface area (Å²) in [4.78, 5) is 23.7. The molecule has 0 aromatic heterocycles. The first-order valence-corrected chi connectivity index (χ1v) is 6.40. The van der Waals surface area contributed by atoms with Crippen LogP contribution in [0.3, 0.4) is 0 Å². The molecule has 0 radical (unpaired) electrons. The second-order valence-corrected chi connectivity index (χ2v) is 4.35. The van der Waals surface area contributed by atoms with Crippen molar-refractivity contribution in [2.75, 3.05) is 0 Å². The average Bonchev–Trinajstić information content (AvgIpc) is 2.37. The third-order valence-corrected chi connectivity index (χ3v) is 3.11. The maximum absolute atomic E-state index is 11.9. The summed E-state index contributed by atoms with van der Waals surface area (Å²) in [7, 11) is 0. The second-order valence-electron chi connectivity index (χ2n) is 4.35. The van der Waals surface area contributed by atoms with Crippen LogP contribution in [0.5, 0.6) is 0 Å². The Morgan fingerprint density at radius 2 is 0.857 bits per heavy atom. The average molecular weight is 479 g/mol. The molecule has 0 aliphatic heterocycles. The monoisotopic (exact) mass is 480 g/mol. The van der Waals surface area contributed by atoms with Crippen molar-refractivity contribution in [2.45, 2.75) is 27.7 Å². The van der Waals surface area contributed by atoms with Crippen LogP contribution in [0.25, 0.3) is 0 Å². The van der Waals surface area contributed by atoms with Crippen LogP contribution in [-0.2, 0) is 37.3 Å². The Labute approximate surface area is 146 Å². The van der Waals surface area contributed by atoms with E-state index in [1.807, 2.05) is 0 Å². The van der Waals surface area contributed by atoms with Gasteiger partial charge in [-0.2, -0.15) is 0 Å². The van der Waals surface area contributed by atoms with Gasteiger partial charge in [0.05, 0.1) is 0 Å². The number of carbonyl (C=O) groups is 2. The van der Waals surface area contributed by atoms with Gasteiger partial charge in [-0.15, -0.1) is 0 Å². The molecule has 0 saturated carbocycles. The first-order chi connectivity index (χ1) is 9.38. The molecule has 0 bridgehead atoms. The zero-order chi connectivity index (χ0) is 15.8. The summed E-state index contributed by atoms with van der Waals surface area (Å²) >= 11 is 0. The summed E-state index contributed by atoms with van der Waals surface area (Å²) in [6, 6.07) is 0. The molecule has 0 aliphatic carbocycles. The molecule has 2 N–H and O–H groups in total. The molecular formula is C16H22HgO4+2. The van der Waals surface area contributed by atoms with Gasteiger partial charge in [0.2, 0.25) is 0 Å². The molecule has 0 aromatic rings. The molecule has 0 atom stereocenters. The Morgan fingerprint density at radius 3 is 0.952 bits per heavy atom. The van der Waals surface area contributed by atoms with E-state index in [1.165, 1.54) is 24.3 Å². The number of carboxylic acids is 2. The molecule has 0 fully saturated rings. The first kappa shape index (κ1) is 22.1. The van der Waals surface area contributed by atoms with Crippen molar-refractivity contribution in [3.05, 3.63) is 48.6 Å². The summed E-state index contributed by atoms with van der Waals surface area (Å²) < 4.78 is 0. The molecule has 0 heterocycles. The Kier molecular flexibility index (Phi) is 10.2. The largest absolute Gasteiger partial charge is 2.00 e. The molecule has 0 spiro atoms. The van der Waals surface area contributed by atoms with E-state index >= 15 is 0 Å². The number of allylic oxidation sites excluding steroid dienone is 4. The summed E-state index contributed by atoms with van der Waals surface area (Å²) in [5.74, 6) is -2.43.